The Morgan fingerprint density at radius 1 is 1.15 bits per heavy atom. The molecule has 0 radical (unpaired) electrons. The van der Waals surface area contributed by atoms with E-state index < -0.39 is 30.2 Å². The number of rotatable bonds is 5. The molecule has 200 valence electrons. The first-order valence-corrected chi connectivity index (χ1v) is 12.5. The molecule has 2 aromatic heterocycles. The molecule has 4 aromatic rings. The maximum Gasteiger partial charge on any atom is 0.333 e. The van der Waals surface area contributed by atoms with Crippen molar-refractivity contribution in [2.75, 3.05) is 5.32 Å². The average molecular weight is 557 g/mol. The number of anilines is 1. The maximum atomic E-state index is 15.3. The van der Waals surface area contributed by atoms with Gasteiger partial charge in [-0.25, -0.2) is 9.07 Å². The minimum absolute atomic E-state index is 0.103. The van der Waals surface area contributed by atoms with Gasteiger partial charge in [0.15, 0.2) is 5.82 Å². The summed E-state index contributed by atoms with van der Waals surface area (Å²) in [4.78, 5) is 28.3. The summed E-state index contributed by atoms with van der Waals surface area (Å²) in [5, 5.41) is 18.0. The van der Waals surface area contributed by atoms with E-state index in [0.717, 1.165) is 0 Å². The summed E-state index contributed by atoms with van der Waals surface area (Å²) in [6, 6.07) is 6.66. The van der Waals surface area contributed by atoms with Crippen molar-refractivity contribution in [3.8, 4) is 5.69 Å². The zero-order valence-electron chi connectivity index (χ0n) is 20.1. The van der Waals surface area contributed by atoms with E-state index in [-0.39, 0.29) is 16.6 Å². The second-order valence-corrected chi connectivity index (χ2v) is 9.77. The Labute approximate surface area is 224 Å². The lowest BCUT2D eigenvalue weighted by atomic mass is 9.96. The van der Waals surface area contributed by atoms with E-state index in [4.69, 9.17) is 11.6 Å². The Balaban J connectivity index is 1.27. The quantitative estimate of drug-likeness (QED) is 0.391. The molecule has 2 amide bonds. The molecule has 0 unspecified atom stereocenters. The molecule has 0 bridgehead atoms. The zero-order valence-corrected chi connectivity index (χ0v) is 20.9. The van der Waals surface area contributed by atoms with Crippen molar-refractivity contribution >= 4 is 45.6 Å². The Morgan fingerprint density at radius 2 is 2.00 bits per heavy atom. The van der Waals surface area contributed by atoms with Gasteiger partial charge in [-0.1, -0.05) is 11.6 Å². The number of hydrogen-bond acceptors (Lipinski definition) is 6. The van der Waals surface area contributed by atoms with Gasteiger partial charge < -0.3 is 10.2 Å². The van der Waals surface area contributed by atoms with Crippen LogP contribution >= 0.6 is 11.6 Å². The van der Waals surface area contributed by atoms with Crippen LogP contribution in [-0.4, -0.2) is 58.8 Å². The average Bonchev–Trinajstić information content (AvgIpc) is 3.66. The third-order valence-corrected chi connectivity index (χ3v) is 7.38. The first-order chi connectivity index (χ1) is 18.8. The first-order valence-electron chi connectivity index (χ1n) is 12.1. The van der Waals surface area contributed by atoms with E-state index in [1.54, 1.807) is 18.2 Å². The molecule has 0 spiro atoms. The summed E-state index contributed by atoms with van der Waals surface area (Å²) in [6.07, 6.45) is 5.81. The van der Waals surface area contributed by atoms with Crippen molar-refractivity contribution in [2.45, 2.75) is 44.3 Å². The van der Waals surface area contributed by atoms with E-state index in [1.807, 2.05) is 0 Å². The number of carbonyl (C=O) groups excluding carboxylic acids is 2. The van der Waals surface area contributed by atoms with E-state index in [9.17, 15) is 18.4 Å². The van der Waals surface area contributed by atoms with Crippen LogP contribution < -0.4 is 5.32 Å². The van der Waals surface area contributed by atoms with Crippen LogP contribution in [0.5, 0.6) is 0 Å². The monoisotopic (exact) mass is 556 g/mol. The highest BCUT2D eigenvalue weighted by atomic mass is 35.5. The smallest absolute Gasteiger partial charge is 0.324 e. The standard InChI is InChI=1S/C25H20ClF3N8O2/c26-17-5-8-19(36-12-30-33-34-36)22(23(17)27)13-1-3-16-4-7-20(37(16)21(38)10-13)24(39)31-15-2-6-18-14(9-15)11-35(32-18)25(28)29/h2,5-6,8-12,16,20,25H,1,3-4,7H2,(H,31,39)/t16-,20+/m1/s1. The third-order valence-electron chi connectivity index (χ3n) is 7.08. The summed E-state index contributed by atoms with van der Waals surface area (Å²) in [6.45, 7) is -2.78. The van der Waals surface area contributed by atoms with Gasteiger partial charge in [-0.15, -0.1) is 5.10 Å². The number of nitrogens with zero attached hydrogens (tertiary/aromatic N) is 7. The number of benzene rings is 2. The number of aromatic nitrogens is 6. The molecule has 2 atom stereocenters. The number of hydrogen-bond donors (Lipinski definition) is 1. The molecule has 2 aromatic carbocycles. The topological polar surface area (TPSA) is 111 Å². The van der Waals surface area contributed by atoms with E-state index in [0.29, 0.717) is 58.2 Å². The summed E-state index contributed by atoms with van der Waals surface area (Å²) in [5.41, 5.74) is 1.66. The molecule has 1 saturated heterocycles. The van der Waals surface area contributed by atoms with Crippen LogP contribution in [0.3, 0.4) is 0 Å². The van der Waals surface area contributed by atoms with Gasteiger partial charge in [-0.3, -0.25) is 9.59 Å². The molecule has 0 aliphatic carbocycles. The van der Waals surface area contributed by atoms with Gasteiger partial charge in [-0.2, -0.15) is 18.6 Å². The highest BCUT2D eigenvalue weighted by Gasteiger charge is 2.41. The molecule has 39 heavy (non-hydrogen) atoms. The summed E-state index contributed by atoms with van der Waals surface area (Å²) >= 11 is 6.08. The van der Waals surface area contributed by atoms with Crippen LogP contribution in [0.1, 0.15) is 37.8 Å². The lowest BCUT2D eigenvalue weighted by Crippen LogP contribution is -2.45. The number of carbonyl (C=O) groups is 2. The van der Waals surface area contributed by atoms with Crippen molar-refractivity contribution in [3.05, 3.63) is 65.3 Å². The van der Waals surface area contributed by atoms with Gasteiger partial charge >= 0.3 is 6.55 Å². The van der Waals surface area contributed by atoms with Crippen LogP contribution in [0.25, 0.3) is 22.2 Å². The number of halogens is 4. The lowest BCUT2D eigenvalue weighted by Gasteiger charge is -2.27. The normalized spacial score (nSPS) is 19.4. The van der Waals surface area contributed by atoms with Crippen molar-refractivity contribution < 1.29 is 22.8 Å². The summed E-state index contributed by atoms with van der Waals surface area (Å²) < 4.78 is 43.1. The Kier molecular flexibility index (Phi) is 6.29. The molecule has 0 saturated carbocycles. The highest BCUT2D eigenvalue weighted by molar-refractivity contribution is 6.31. The van der Waals surface area contributed by atoms with E-state index >= 15 is 4.39 Å². The fourth-order valence-corrected chi connectivity index (χ4v) is 5.49. The van der Waals surface area contributed by atoms with Crippen molar-refractivity contribution in [1.82, 2.24) is 34.9 Å². The van der Waals surface area contributed by atoms with Gasteiger partial charge in [0.25, 0.3) is 0 Å². The second kappa shape index (κ2) is 9.80. The molecule has 2 aliphatic rings. The molecule has 1 N–H and O–H groups in total. The van der Waals surface area contributed by atoms with Crippen LogP contribution in [0.15, 0.2) is 48.9 Å². The number of tetrazole rings is 1. The minimum atomic E-state index is -2.78. The van der Waals surface area contributed by atoms with Crippen molar-refractivity contribution in [2.24, 2.45) is 0 Å². The number of alkyl halides is 2. The van der Waals surface area contributed by atoms with Gasteiger partial charge in [-0.05, 0) is 72.0 Å². The second-order valence-electron chi connectivity index (χ2n) is 9.36. The highest BCUT2D eigenvalue weighted by Crippen LogP contribution is 2.38. The molecule has 10 nitrogen and oxygen atoms in total. The van der Waals surface area contributed by atoms with E-state index in [2.05, 4.69) is 25.9 Å². The SMILES string of the molecule is O=C(Nc1ccc2nn(C(F)F)cc2c1)[C@@H]1CC[C@H]2CCC(c3c(-n4cnnn4)ccc(Cl)c3F)=CC(=O)N21. The predicted octanol–water partition coefficient (Wildman–Crippen LogP) is 4.38. The van der Waals surface area contributed by atoms with Gasteiger partial charge in [0.2, 0.25) is 11.8 Å². The number of nitrogens with one attached hydrogen (secondary N) is 1. The fraction of sp³-hybridized carbons (Fsp3) is 0.280. The van der Waals surface area contributed by atoms with Gasteiger partial charge in [0, 0.05) is 35.0 Å². The molecule has 14 heteroatoms. The number of fused-ring (bicyclic) bond motifs is 2. The summed E-state index contributed by atoms with van der Waals surface area (Å²) in [5.74, 6) is -1.50. The maximum absolute atomic E-state index is 15.3. The largest absolute Gasteiger partial charge is 0.333 e. The van der Waals surface area contributed by atoms with Crippen LogP contribution in [0.4, 0.5) is 18.9 Å². The predicted molar refractivity (Wildman–Crippen MR) is 135 cm³/mol. The first kappa shape index (κ1) is 25.0. The van der Waals surface area contributed by atoms with Crippen molar-refractivity contribution in [3.63, 3.8) is 0 Å². The zero-order chi connectivity index (χ0) is 27.3. The minimum Gasteiger partial charge on any atom is -0.324 e. The van der Waals surface area contributed by atoms with Crippen LogP contribution in [0, 0.1) is 5.82 Å². The molecule has 1 fully saturated rings. The Hall–Kier alpha value is -4.26. The van der Waals surface area contributed by atoms with Gasteiger partial charge in [0.1, 0.15) is 12.4 Å². The van der Waals surface area contributed by atoms with Crippen LogP contribution in [0.2, 0.25) is 5.02 Å². The van der Waals surface area contributed by atoms with Crippen LogP contribution in [-0.2, 0) is 9.59 Å². The third kappa shape index (κ3) is 4.52. The molecule has 6 rings (SSSR count). The number of amides is 2. The Bertz CT molecular complexity index is 1620. The Morgan fingerprint density at radius 3 is 2.77 bits per heavy atom. The van der Waals surface area contributed by atoms with Gasteiger partial charge in [0.05, 0.1) is 16.2 Å². The molecule has 2 aliphatic heterocycles. The van der Waals surface area contributed by atoms with E-state index in [1.165, 1.54) is 40.3 Å². The van der Waals surface area contributed by atoms with Crippen molar-refractivity contribution in [1.29, 1.82) is 0 Å². The molecular formula is C25H20ClF3N8O2. The molecular weight excluding hydrogens is 537 g/mol. The molecule has 4 heterocycles. The fourth-order valence-electron chi connectivity index (χ4n) is 5.33. The lowest BCUT2D eigenvalue weighted by molar-refractivity contribution is -0.134. The summed E-state index contributed by atoms with van der Waals surface area (Å²) in [7, 11) is 0. The number of allylic oxidation sites excluding steroid dienone is 1.